The summed E-state index contributed by atoms with van der Waals surface area (Å²) in [5.74, 6) is -0.770. The Labute approximate surface area is 162 Å². The lowest BCUT2D eigenvalue weighted by atomic mass is 9.99. The van der Waals surface area contributed by atoms with Gasteiger partial charge in [-0.25, -0.2) is 4.39 Å². The number of para-hydroxylation sites is 1. The summed E-state index contributed by atoms with van der Waals surface area (Å²) in [4.78, 5) is 23.4. The van der Waals surface area contributed by atoms with Crippen molar-refractivity contribution in [2.24, 2.45) is 10.7 Å². The maximum absolute atomic E-state index is 14.5. The number of benzodiazepines with no additional fused rings is 1. The summed E-state index contributed by atoms with van der Waals surface area (Å²) < 4.78 is 14.5. The summed E-state index contributed by atoms with van der Waals surface area (Å²) >= 11 is 0. The Bertz CT molecular complexity index is 1080. The molecule has 0 saturated heterocycles. The molecule has 0 fully saturated rings. The molecule has 4 rings (SSSR count). The minimum Gasteiger partial charge on any atom is -0.303 e. The minimum atomic E-state index is -1.13. The maximum atomic E-state index is 14.5. The molecule has 1 unspecified atom stereocenters. The molecule has 2 N–H and O–H groups in total. The molecule has 5 nitrogen and oxygen atoms in total. The standard InChI is InChI=1S/C22H19FN4O/c1-14-7-6-12-25-18(14)13-27-19-11-5-3-9-16(19)20(26-21(24)22(27)28)15-8-2-4-10-17(15)23/h2-12,21H,13,24H2,1H3. The molecule has 3 aromatic rings. The fraction of sp³-hybridized carbons (Fsp3) is 0.136. The molecular formula is C22H19FN4O. The van der Waals surface area contributed by atoms with Crippen molar-refractivity contribution in [3.05, 3.63) is 95.1 Å². The van der Waals surface area contributed by atoms with Crippen LogP contribution in [-0.4, -0.2) is 22.8 Å². The molecule has 1 aliphatic heterocycles. The largest absolute Gasteiger partial charge is 0.303 e. The molecule has 0 aliphatic carbocycles. The van der Waals surface area contributed by atoms with Crippen LogP contribution in [0.5, 0.6) is 0 Å². The van der Waals surface area contributed by atoms with E-state index in [4.69, 9.17) is 5.73 Å². The number of fused-ring (bicyclic) bond motifs is 1. The quantitative estimate of drug-likeness (QED) is 0.765. The van der Waals surface area contributed by atoms with Gasteiger partial charge in [-0.1, -0.05) is 36.4 Å². The topological polar surface area (TPSA) is 71.6 Å². The highest BCUT2D eigenvalue weighted by Crippen LogP contribution is 2.29. The average Bonchev–Trinajstić information content (AvgIpc) is 2.81. The van der Waals surface area contributed by atoms with Crippen LogP contribution in [-0.2, 0) is 11.3 Å². The number of aryl methyl sites for hydroxylation is 1. The fourth-order valence-electron chi connectivity index (χ4n) is 3.32. The number of pyridine rings is 1. The fourth-order valence-corrected chi connectivity index (χ4v) is 3.32. The van der Waals surface area contributed by atoms with Gasteiger partial charge in [0.2, 0.25) is 0 Å². The lowest BCUT2D eigenvalue weighted by molar-refractivity contribution is -0.119. The van der Waals surface area contributed by atoms with Gasteiger partial charge in [0.15, 0.2) is 6.17 Å². The third kappa shape index (κ3) is 3.18. The molecule has 1 aliphatic rings. The smallest absolute Gasteiger partial charge is 0.266 e. The third-order valence-electron chi connectivity index (χ3n) is 4.79. The van der Waals surface area contributed by atoms with Gasteiger partial charge < -0.3 is 10.6 Å². The number of benzene rings is 2. The number of hydrogen-bond acceptors (Lipinski definition) is 4. The summed E-state index contributed by atoms with van der Waals surface area (Å²) in [6.45, 7) is 2.20. The minimum absolute atomic E-state index is 0.260. The molecule has 0 saturated carbocycles. The van der Waals surface area contributed by atoms with Crippen LogP contribution in [0.4, 0.5) is 10.1 Å². The van der Waals surface area contributed by atoms with Crippen molar-refractivity contribution in [1.29, 1.82) is 0 Å². The van der Waals surface area contributed by atoms with Crippen LogP contribution in [0.25, 0.3) is 0 Å². The van der Waals surface area contributed by atoms with Crippen molar-refractivity contribution in [2.45, 2.75) is 19.6 Å². The summed E-state index contributed by atoms with van der Waals surface area (Å²) in [6, 6.07) is 17.5. The van der Waals surface area contributed by atoms with Gasteiger partial charge in [0, 0.05) is 17.3 Å². The Kier molecular flexibility index (Phi) is 4.71. The lowest BCUT2D eigenvalue weighted by Crippen LogP contribution is -2.42. The van der Waals surface area contributed by atoms with Gasteiger partial charge in [0.25, 0.3) is 5.91 Å². The Morgan fingerprint density at radius 1 is 1.04 bits per heavy atom. The highest BCUT2D eigenvalue weighted by molar-refractivity contribution is 6.20. The monoisotopic (exact) mass is 374 g/mol. The molecule has 1 aromatic heterocycles. The number of carbonyl (C=O) groups is 1. The number of rotatable bonds is 3. The second-order valence-electron chi connectivity index (χ2n) is 6.61. The normalized spacial score (nSPS) is 16.4. The van der Waals surface area contributed by atoms with E-state index in [1.54, 1.807) is 29.3 Å². The van der Waals surface area contributed by atoms with Crippen LogP contribution in [0.3, 0.4) is 0 Å². The number of nitrogens with zero attached hydrogens (tertiary/aromatic N) is 3. The molecule has 140 valence electrons. The summed E-state index contributed by atoms with van der Waals surface area (Å²) in [5.41, 5.74) is 9.81. The Morgan fingerprint density at radius 3 is 2.50 bits per heavy atom. The molecule has 6 heteroatoms. The van der Waals surface area contributed by atoms with Gasteiger partial charge >= 0.3 is 0 Å². The van der Waals surface area contributed by atoms with Crippen molar-refractivity contribution in [1.82, 2.24) is 4.98 Å². The van der Waals surface area contributed by atoms with Crippen LogP contribution in [0, 0.1) is 12.7 Å². The van der Waals surface area contributed by atoms with Crippen LogP contribution in [0.2, 0.25) is 0 Å². The van der Waals surface area contributed by atoms with Crippen molar-refractivity contribution in [3.8, 4) is 0 Å². The van der Waals surface area contributed by atoms with E-state index in [9.17, 15) is 9.18 Å². The van der Waals surface area contributed by atoms with Crippen LogP contribution >= 0.6 is 0 Å². The van der Waals surface area contributed by atoms with Crippen LogP contribution < -0.4 is 10.6 Å². The molecule has 1 amide bonds. The van der Waals surface area contributed by atoms with Crippen molar-refractivity contribution < 1.29 is 9.18 Å². The molecule has 0 bridgehead atoms. The van der Waals surface area contributed by atoms with Crippen molar-refractivity contribution in [3.63, 3.8) is 0 Å². The van der Waals surface area contributed by atoms with E-state index in [-0.39, 0.29) is 12.5 Å². The van der Waals surface area contributed by atoms with E-state index in [1.807, 2.05) is 43.3 Å². The molecule has 2 aromatic carbocycles. The second-order valence-corrected chi connectivity index (χ2v) is 6.61. The Morgan fingerprint density at radius 2 is 1.75 bits per heavy atom. The van der Waals surface area contributed by atoms with Crippen LogP contribution in [0.15, 0.2) is 71.9 Å². The van der Waals surface area contributed by atoms with E-state index >= 15 is 0 Å². The molecule has 1 atom stereocenters. The number of aromatic nitrogens is 1. The Hall–Kier alpha value is -3.38. The zero-order valence-electron chi connectivity index (χ0n) is 15.3. The van der Waals surface area contributed by atoms with E-state index in [1.165, 1.54) is 6.07 Å². The first-order chi connectivity index (χ1) is 13.6. The second kappa shape index (κ2) is 7.32. The average molecular weight is 374 g/mol. The molecule has 2 heterocycles. The highest BCUT2D eigenvalue weighted by Gasteiger charge is 2.31. The predicted octanol–water partition coefficient (Wildman–Crippen LogP) is 3.20. The zero-order valence-corrected chi connectivity index (χ0v) is 15.3. The number of hydrogen-bond donors (Lipinski definition) is 1. The van der Waals surface area contributed by atoms with Crippen molar-refractivity contribution >= 4 is 17.3 Å². The van der Waals surface area contributed by atoms with Gasteiger partial charge in [0.05, 0.1) is 23.6 Å². The number of amides is 1. The first kappa shape index (κ1) is 18.0. The van der Waals surface area contributed by atoms with E-state index in [0.717, 1.165) is 11.3 Å². The Balaban J connectivity index is 1.87. The first-order valence-corrected chi connectivity index (χ1v) is 8.96. The van der Waals surface area contributed by atoms with Crippen LogP contribution in [0.1, 0.15) is 22.4 Å². The summed E-state index contributed by atoms with van der Waals surface area (Å²) in [6.07, 6.45) is 0.559. The van der Waals surface area contributed by atoms with E-state index < -0.39 is 12.0 Å². The van der Waals surface area contributed by atoms with Gasteiger partial charge in [-0.3, -0.25) is 14.8 Å². The molecule has 0 spiro atoms. The SMILES string of the molecule is Cc1cccnc1CN1C(=O)C(N)N=C(c2ccccc2F)c2ccccc21. The number of aliphatic imine (C=N–C) groups is 1. The first-order valence-electron chi connectivity index (χ1n) is 8.96. The van der Waals surface area contributed by atoms with E-state index in [0.29, 0.717) is 22.5 Å². The van der Waals surface area contributed by atoms with Gasteiger partial charge in [-0.15, -0.1) is 0 Å². The van der Waals surface area contributed by atoms with Gasteiger partial charge in [-0.2, -0.15) is 0 Å². The van der Waals surface area contributed by atoms with Crippen molar-refractivity contribution in [2.75, 3.05) is 4.90 Å². The lowest BCUT2D eigenvalue weighted by Gasteiger charge is -2.24. The van der Waals surface area contributed by atoms with Gasteiger partial charge in [0.1, 0.15) is 5.82 Å². The zero-order chi connectivity index (χ0) is 19.7. The highest BCUT2D eigenvalue weighted by atomic mass is 19.1. The number of anilines is 1. The third-order valence-corrected chi connectivity index (χ3v) is 4.79. The number of carbonyl (C=O) groups excluding carboxylic acids is 1. The summed E-state index contributed by atoms with van der Waals surface area (Å²) in [5, 5.41) is 0. The molecular weight excluding hydrogens is 355 g/mol. The number of nitrogens with two attached hydrogens (primary N) is 1. The van der Waals surface area contributed by atoms with E-state index in [2.05, 4.69) is 9.98 Å². The maximum Gasteiger partial charge on any atom is 0.266 e. The summed E-state index contributed by atoms with van der Waals surface area (Å²) in [7, 11) is 0. The molecule has 0 radical (unpaired) electrons. The number of halogens is 1. The predicted molar refractivity (Wildman–Crippen MR) is 107 cm³/mol. The molecule has 28 heavy (non-hydrogen) atoms. The van der Waals surface area contributed by atoms with Gasteiger partial charge in [-0.05, 0) is 36.8 Å².